The predicted molar refractivity (Wildman–Crippen MR) is 100 cm³/mol. The number of carboxylic acids is 1. The highest BCUT2D eigenvalue weighted by Crippen LogP contribution is 2.08. The molecule has 0 aliphatic heterocycles. The van der Waals surface area contributed by atoms with Crippen molar-refractivity contribution in [2.45, 2.75) is 96.6 Å². The van der Waals surface area contributed by atoms with Crippen LogP contribution in [0.3, 0.4) is 0 Å². The van der Waals surface area contributed by atoms with Gasteiger partial charge in [0, 0.05) is 0 Å². The summed E-state index contributed by atoms with van der Waals surface area (Å²) in [6, 6.07) is -1.23. The average molecular weight is 359 g/mol. The number of aliphatic carboxylic acids is 1. The van der Waals surface area contributed by atoms with Crippen LogP contribution in [-0.2, 0) is 14.3 Å². The molecule has 1 unspecified atom stereocenters. The molecule has 0 bridgehead atoms. The van der Waals surface area contributed by atoms with Gasteiger partial charge >= 0.3 is 11.9 Å². The second-order valence-corrected chi connectivity index (χ2v) is 6.67. The zero-order chi connectivity index (χ0) is 18.9. The monoisotopic (exact) mass is 358 g/mol. The molecule has 0 rings (SSSR count). The molecule has 2 atom stereocenters. The van der Waals surface area contributed by atoms with Crippen LogP contribution in [0, 0.1) is 0 Å². The van der Waals surface area contributed by atoms with Gasteiger partial charge in [-0.3, -0.25) is 9.59 Å². The summed E-state index contributed by atoms with van der Waals surface area (Å²) >= 11 is 0. The molecule has 0 fully saturated rings. The van der Waals surface area contributed by atoms with Crippen LogP contribution in [0.15, 0.2) is 0 Å². The first-order valence-electron chi connectivity index (χ1n) is 9.91. The number of hydrogen-bond acceptors (Lipinski definition) is 5. The quantitative estimate of drug-likeness (QED) is 0.272. The smallest absolute Gasteiger partial charge is 0.323 e. The van der Waals surface area contributed by atoms with E-state index in [9.17, 15) is 9.59 Å². The number of unbranched alkanes of at least 4 members (excludes halogenated alkanes) is 6. The summed E-state index contributed by atoms with van der Waals surface area (Å²) in [5.74, 6) is -1.23. The van der Waals surface area contributed by atoms with Gasteiger partial charge in [-0.25, -0.2) is 0 Å². The number of esters is 1. The summed E-state index contributed by atoms with van der Waals surface area (Å²) in [7, 11) is 0. The molecule has 0 aromatic carbocycles. The van der Waals surface area contributed by atoms with Gasteiger partial charge in [-0.1, -0.05) is 52.4 Å². The standard InChI is InChI=1S/C19H38N2O4/c1-3-5-7-8-9-10-15-25-19(24)17(21-14-6-4-2)13-11-12-16(20)18(22)23/h16-17,21H,3-15,20H2,1-2H3,(H,22,23)/t16-,17?/m0/s1. The Bertz CT molecular complexity index is 350. The molecule has 4 N–H and O–H groups in total. The zero-order valence-corrected chi connectivity index (χ0v) is 16.1. The molecule has 148 valence electrons. The summed E-state index contributed by atoms with van der Waals surface area (Å²) in [6.07, 6.45) is 10.5. The van der Waals surface area contributed by atoms with Crippen LogP contribution in [0.1, 0.15) is 84.5 Å². The Morgan fingerprint density at radius 2 is 1.60 bits per heavy atom. The normalized spacial score (nSPS) is 13.4. The Morgan fingerprint density at radius 1 is 0.960 bits per heavy atom. The van der Waals surface area contributed by atoms with Crippen LogP contribution >= 0.6 is 0 Å². The van der Waals surface area contributed by atoms with Crippen LogP contribution in [0.5, 0.6) is 0 Å². The molecule has 0 aromatic heterocycles. The molecule has 6 nitrogen and oxygen atoms in total. The van der Waals surface area contributed by atoms with Crippen molar-refractivity contribution < 1.29 is 19.4 Å². The first-order chi connectivity index (χ1) is 12.0. The molecule has 25 heavy (non-hydrogen) atoms. The molecular formula is C19H38N2O4. The number of carbonyl (C=O) groups excluding carboxylic acids is 1. The fraction of sp³-hybridized carbons (Fsp3) is 0.895. The third-order valence-electron chi connectivity index (χ3n) is 4.27. The van der Waals surface area contributed by atoms with Crippen molar-refractivity contribution in [2.75, 3.05) is 13.2 Å². The number of ether oxygens (including phenoxy) is 1. The lowest BCUT2D eigenvalue weighted by Gasteiger charge is -2.18. The first-order valence-corrected chi connectivity index (χ1v) is 9.91. The molecule has 0 amide bonds. The van der Waals surface area contributed by atoms with Crippen LogP contribution in [0.2, 0.25) is 0 Å². The van der Waals surface area contributed by atoms with E-state index in [0.717, 1.165) is 32.2 Å². The molecular weight excluding hydrogens is 320 g/mol. The maximum atomic E-state index is 12.2. The number of nitrogens with two attached hydrogens (primary N) is 1. The van der Waals surface area contributed by atoms with Crippen LogP contribution in [-0.4, -0.2) is 42.3 Å². The lowest BCUT2D eigenvalue weighted by molar-refractivity contribution is -0.146. The Hall–Kier alpha value is -1.14. The van der Waals surface area contributed by atoms with Crippen molar-refractivity contribution in [3.8, 4) is 0 Å². The lowest BCUT2D eigenvalue weighted by atomic mass is 10.1. The largest absolute Gasteiger partial charge is 0.480 e. The zero-order valence-electron chi connectivity index (χ0n) is 16.1. The molecule has 6 heteroatoms. The van der Waals surface area contributed by atoms with Gasteiger partial charge in [-0.2, -0.15) is 0 Å². The van der Waals surface area contributed by atoms with Crippen molar-refractivity contribution >= 4 is 11.9 Å². The molecule has 0 spiro atoms. The van der Waals surface area contributed by atoms with E-state index in [0.29, 0.717) is 25.9 Å². The van der Waals surface area contributed by atoms with Gasteiger partial charge in [-0.15, -0.1) is 0 Å². The van der Waals surface area contributed by atoms with Crippen molar-refractivity contribution in [3.05, 3.63) is 0 Å². The maximum Gasteiger partial charge on any atom is 0.323 e. The molecule has 0 aliphatic rings. The van der Waals surface area contributed by atoms with Crippen LogP contribution in [0.4, 0.5) is 0 Å². The highest BCUT2D eigenvalue weighted by atomic mass is 16.5. The van der Waals surface area contributed by atoms with Gasteiger partial charge in [0.2, 0.25) is 0 Å². The van der Waals surface area contributed by atoms with Crippen molar-refractivity contribution in [1.82, 2.24) is 5.32 Å². The minimum absolute atomic E-state index is 0.228. The van der Waals surface area contributed by atoms with Gasteiger partial charge in [0.05, 0.1) is 6.61 Å². The number of rotatable bonds is 17. The topological polar surface area (TPSA) is 102 Å². The van der Waals surface area contributed by atoms with E-state index in [1.165, 1.54) is 25.7 Å². The van der Waals surface area contributed by atoms with Crippen LogP contribution in [0.25, 0.3) is 0 Å². The van der Waals surface area contributed by atoms with E-state index in [1.54, 1.807) is 0 Å². The van der Waals surface area contributed by atoms with Gasteiger partial charge < -0.3 is 20.9 Å². The molecule has 0 aliphatic carbocycles. The van der Waals surface area contributed by atoms with E-state index in [1.807, 2.05) is 0 Å². The van der Waals surface area contributed by atoms with Crippen molar-refractivity contribution in [1.29, 1.82) is 0 Å². The number of carbonyl (C=O) groups is 2. The van der Waals surface area contributed by atoms with Gasteiger partial charge in [0.1, 0.15) is 12.1 Å². The van der Waals surface area contributed by atoms with E-state index in [2.05, 4.69) is 19.2 Å². The number of hydrogen-bond donors (Lipinski definition) is 3. The molecule has 0 radical (unpaired) electrons. The fourth-order valence-electron chi connectivity index (χ4n) is 2.58. The van der Waals surface area contributed by atoms with Crippen molar-refractivity contribution in [3.63, 3.8) is 0 Å². The predicted octanol–water partition coefficient (Wildman–Crippen LogP) is 3.23. The Balaban J connectivity index is 4.07. The molecule has 0 aromatic rings. The molecule has 0 saturated carbocycles. The second-order valence-electron chi connectivity index (χ2n) is 6.67. The Labute approximate surface area is 152 Å². The van der Waals surface area contributed by atoms with E-state index in [-0.39, 0.29) is 12.0 Å². The second kappa shape index (κ2) is 16.3. The lowest BCUT2D eigenvalue weighted by Crippen LogP contribution is -2.39. The summed E-state index contributed by atoms with van der Waals surface area (Å²) in [4.78, 5) is 23.0. The molecule has 0 heterocycles. The average Bonchev–Trinajstić information content (AvgIpc) is 2.59. The Kier molecular flexibility index (Phi) is 15.6. The van der Waals surface area contributed by atoms with Gasteiger partial charge in [0.15, 0.2) is 0 Å². The first kappa shape index (κ1) is 23.9. The van der Waals surface area contributed by atoms with E-state index < -0.39 is 12.0 Å². The molecule has 0 saturated heterocycles. The summed E-state index contributed by atoms with van der Waals surface area (Å²) in [5, 5.41) is 12.0. The van der Waals surface area contributed by atoms with Gasteiger partial charge in [-0.05, 0) is 38.6 Å². The Morgan fingerprint density at radius 3 is 2.24 bits per heavy atom. The number of carboxylic acid groups (broad SMARTS) is 1. The van der Waals surface area contributed by atoms with Crippen LogP contribution < -0.4 is 11.1 Å². The minimum Gasteiger partial charge on any atom is -0.480 e. The highest BCUT2D eigenvalue weighted by molar-refractivity contribution is 5.75. The SMILES string of the molecule is CCCCCCCCOC(=O)C(CCC[C@H](N)C(=O)O)NCCCC. The third-order valence-corrected chi connectivity index (χ3v) is 4.27. The fourth-order valence-corrected chi connectivity index (χ4v) is 2.58. The summed E-state index contributed by atoms with van der Waals surface area (Å²) in [5.41, 5.74) is 5.51. The van der Waals surface area contributed by atoms with Crippen molar-refractivity contribution in [2.24, 2.45) is 5.73 Å². The minimum atomic E-state index is -0.999. The third kappa shape index (κ3) is 13.8. The summed E-state index contributed by atoms with van der Waals surface area (Å²) in [6.45, 7) is 5.51. The maximum absolute atomic E-state index is 12.2. The van der Waals surface area contributed by atoms with E-state index in [4.69, 9.17) is 15.6 Å². The van der Waals surface area contributed by atoms with E-state index >= 15 is 0 Å². The number of nitrogens with one attached hydrogen (secondary N) is 1. The van der Waals surface area contributed by atoms with Gasteiger partial charge in [0.25, 0.3) is 0 Å². The highest BCUT2D eigenvalue weighted by Gasteiger charge is 2.20. The summed E-state index contributed by atoms with van der Waals surface area (Å²) < 4.78 is 5.40.